The Bertz CT molecular complexity index is 1730. The van der Waals surface area contributed by atoms with Crippen molar-refractivity contribution in [2.75, 3.05) is 39.3 Å². The van der Waals surface area contributed by atoms with E-state index in [1.165, 1.54) is 21.6 Å². The van der Waals surface area contributed by atoms with Gasteiger partial charge in [0.05, 0.1) is 19.2 Å². The molecule has 3 fully saturated rings. The number of aliphatic carboxylic acids is 1. The number of hydrogen-bond donors (Lipinski definition) is 9. The molecule has 0 bridgehead atoms. The molecule has 1 aromatic rings. The third-order valence-corrected chi connectivity index (χ3v) is 10.7. The van der Waals surface area contributed by atoms with Crippen LogP contribution >= 0.6 is 0 Å². The number of aliphatic hydroxyl groups is 1. The highest BCUT2D eigenvalue weighted by molar-refractivity contribution is 5.97. The number of likely N-dealkylation sites (tertiary alicyclic amines) is 3. The Balaban J connectivity index is 1.36. The molecule has 0 unspecified atom stereocenters. The van der Waals surface area contributed by atoms with Gasteiger partial charge >= 0.3 is 5.97 Å². The summed E-state index contributed by atoms with van der Waals surface area (Å²) in [4.78, 5) is 113. The molecule has 21 nitrogen and oxygen atoms in total. The molecule has 4 rings (SSSR count). The number of hydrogen-bond acceptors (Lipinski definition) is 11. The first-order valence-corrected chi connectivity index (χ1v) is 19.9. The standard InChI is InChI=1S/C38H57N11O10/c1-22(37(58)59)44-33(54)28-13-7-16-47(28)35(56)26(21-50)46-31(52)25(19-23-9-3-2-4-10-23)45-30(51)20-43-32(53)27-12-6-17-48(27)36(57)29-14-8-18-49(29)34(55)24(39)11-5-15-42-38(40)41/h2-4,9-10,22,24-29,50H,5-8,11-21,39H2,1H3,(H,43,53)(H,44,54)(H,45,51)(H,46,52)(H,58,59)(H4,40,41,42)/t22-,24-,25-,26-,27-,28-,29-/m0/s1. The van der Waals surface area contributed by atoms with Crippen LogP contribution in [0.15, 0.2) is 35.3 Å². The second-order valence-corrected chi connectivity index (χ2v) is 15.0. The number of carboxylic acid groups (broad SMARTS) is 1. The highest BCUT2D eigenvalue weighted by atomic mass is 16.4. The van der Waals surface area contributed by atoms with E-state index in [9.17, 15) is 48.6 Å². The van der Waals surface area contributed by atoms with E-state index in [2.05, 4.69) is 26.3 Å². The average molecular weight is 828 g/mol. The molecule has 59 heavy (non-hydrogen) atoms. The Morgan fingerprint density at radius 3 is 2.00 bits per heavy atom. The molecule has 0 radical (unpaired) electrons. The predicted octanol–water partition coefficient (Wildman–Crippen LogP) is -3.75. The van der Waals surface area contributed by atoms with Crippen molar-refractivity contribution in [3.8, 4) is 0 Å². The minimum atomic E-state index is -1.49. The summed E-state index contributed by atoms with van der Waals surface area (Å²) in [6.45, 7) is 0.954. The minimum absolute atomic E-state index is 0.0258. The number of nitrogens with one attached hydrogen (secondary N) is 4. The molecule has 0 aliphatic carbocycles. The summed E-state index contributed by atoms with van der Waals surface area (Å²) in [7, 11) is 0. The van der Waals surface area contributed by atoms with Crippen LogP contribution in [0.25, 0.3) is 0 Å². The number of carbonyl (C=O) groups excluding carboxylic acids is 7. The van der Waals surface area contributed by atoms with Gasteiger partial charge in [-0.1, -0.05) is 30.3 Å². The minimum Gasteiger partial charge on any atom is -0.480 e. The lowest BCUT2D eigenvalue weighted by molar-refractivity contribution is -0.147. The van der Waals surface area contributed by atoms with Crippen molar-refractivity contribution in [1.29, 1.82) is 0 Å². The molecule has 7 atom stereocenters. The van der Waals surface area contributed by atoms with Crippen molar-refractivity contribution in [1.82, 2.24) is 36.0 Å². The van der Waals surface area contributed by atoms with Crippen LogP contribution in [-0.4, -0.2) is 160 Å². The number of benzene rings is 1. The monoisotopic (exact) mass is 827 g/mol. The average Bonchev–Trinajstić information content (AvgIpc) is 4.02. The van der Waals surface area contributed by atoms with Gasteiger partial charge in [0.25, 0.3) is 0 Å². The Morgan fingerprint density at radius 2 is 1.39 bits per heavy atom. The fourth-order valence-corrected chi connectivity index (χ4v) is 7.56. The van der Waals surface area contributed by atoms with Crippen LogP contribution in [0.5, 0.6) is 0 Å². The molecule has 3 saturated heterocycles. The Hall–Kier alpha value is -5.83. The number of guanidine groups is 1. The second kappa shape index (κ2) is 21.8. The second-order valence-electron chi connectivity index (χ2n) is 15.0. The van der Waals surface area contributed by atoms with E-state index in [0.29, 0.717) is 63.6 Å². The Labute approximate surface area is 341 Å². The van der Waals surface area contributed by atoms with Gasteiger partial charge < -0.3 is 63.4 Å². The van der Waals surface area contributed by atoms with E-state index in [1.54, 1.807) is 30.3 Å². The lowest BCUT2D eigenvalue weighted by Crippen LogP contribution is -2.59. The Kier molecular flexibility index (Phi) is 16.9. The van der Waals surface area contributed by atoms with Gasteiger partial charge in [0, 0.05) is 32.6 Å². The third kappa shape index (κ3) is 12.6. The number of nitrogens with two attached hydrogens (primary N) is 3. The first-order chi connectivity index (χ1) is 28.1. The molecule has 21 heteroatoms. The van der Waals surface area contributed by atoms with E-state index in [0.717, 1.165) is 0 Å². The van der Waals surface area contributed by atoms with Crippen molar-refractivity contribution in [2.24, 2.45) is 22.2 Å². The van der Waals surface area contributed by atoms with Crippen LogP contribution < -0.4 is 38.5 Å². The molecule has 3 aliphatic heterocycles. The molecule has 0 saturated carbocycles. The van der Waals surface area contributed by atoms with Crippen LogP contribution in [0.4, 0.5) is 0 Å². The first-order valence-electron chi connectivity index (χ1n) is 19.9. The number of aliphatic imine (C=N–C) groups is 1. The van der Waals surface area contributed by atoms with Gasteiger partial charge in [0.2, 0.25) is 41.4 Å². The highest BCUT2D eigenvalue weighted by Gasteiger charge is 2.43. The normalized spacial score (nSPS) is 20.8. The lowest BCUT2D eigenvalue weighted by atomic mass is 10.0. The van der Waals surface area contributed by atoms with E-state index < -0.39 is 90.9 Å². The number of carboxylic acids is 1. The maximum Gasteiger partial charge on any atom is 0.325 e. The van der Waals surface area contributed by atoms with E-state index >= 15 is 0 Å². The maximum atomic E-state index is 13.8. The summed E-state index contributed by atoms with van der Waals surface area (Å²) in [5, 5.41) is 29.3. The summed E-state index contributed by atoms with van der Waals surface area (Å²) in [6, 6.07) is 1.15. The van der Waals surface area contributed by atoms with Crippen LogP contribution in [0.1, 0.15) is 63.9 Å². The fourth-order valence-electron chi connectivity index (χ4n) is 7.56. The molecule has 0 spiro atoms. The highest BCUT2D eigenvalue weighted by Crippen LogP contribution is 2.26. The van der Waals surface area contributed by atoms with Gasteiger partial charge in [-0.3, -0.25) is 43.3 Å². The van der Waals surface area contributed by atoms with E-state index in [4.69, 9.17) is 17.2 Å². The quantitative estimate of drug-likeness (QED) is 0.0368. The van der Waals surface area contributed by atoms with Crippen molar-refractivity contribution < 1.29 is 48.6 Å². The van der Waals surface area contributed by atoms with Gasteiger partial charge in [0.15, 0.2) is 5.96 Å². The third-order valence-electron chi connectivity index (χ3n) is 10.7. The zero-order valence-electron chi connectivity index (χ0n) is 33.2. The van der Waals surface area contributed by atoms with E-state index in [1.807, 2.05) is 0 Å². The Morgan fingerprint density at radius 1 is 0.797 bits per heavy atom. The zero-order chi connectivity index (χ0) is 43.2. The van der Waals surface area contributed by atoms with Gasteiger partial charge in [-0.2, -0.15) is 0 Å². The lowest BCUT2D eigenvalue weighted by Gasteiger charge is -2.32. The van der Waals surface area contributed by atoms with Crippen LogP contribution in [0, 0.1) is 0 Å². The molecule has 0 aromatic heterocycles. The first kappa shape index (κ1) is 45.9. The number of rotatable bonds is 19. The largest absolute Gasteiger partial charge is 0.480 e. The van der Waals surface area contributed by atoms with Crippen molar-refractivity contribution in [3.05, 3.63) is 35.9 Å². The maximum absolute atomic E-state index is 13.8. The van der Waals surface area contributed by atoms with Crippen molar-refractivity contribution in [2.45, 2.75) is 107 Å². The summed E-state index contributed by atoms with van der Waals surface area (Å²) >= 11 is 0. The van der Waals surface area contributed by atoms with Crippen LogP contribution in [0.3, 0.4) is 0 Å². The molecule has 1 aromatic carbocycles. The summed E-state index contributed by atoms with van der Waals surface area (Å²) in [5.74, 6) is -5.68. The van der Waals surface area contributed by atoms with Crippen molar-refractivity contribution in [3.63, 3.8) is 0 Å². The molecule has 7 amide bonds. The van der Waals surface area contributed by atoms with Gasteiger partial charge in [-0.25, -0.2) is 0 Å². The predicted molar refractivity (Wildman–Crippen MR) is 211 cm³/mol. The number of carbonyl (C=O) groups is 8. The summed E-state index contributed by atoms with van der Waals surface area (Å²) in [6.07, 6.45) is 3.29. The van der Waals surface area contributed by atoms with Gasteiger partial charge in [-0.05, 0) is 63.9 Å². The molecule has 3 aliphatic rings. The van der Waals surface area contributed by atoms with Crippen LogP contribution in [0.2, 0.25) is 0 Å². The molecule has 12 N–H and O–H groups in total. The number of amides is 7. The molecule has 3 heterocycles. The smallest absolute Gasteiger partial charge is 0.325 e. The fraction of sp³-hybridized carbons (Fsp3) is 0.605. The van der Waals surface area contributed by atoms with E-state index in [-0.39, 0.29) is 43.7 Å². The zero-order valence-corrected chi connectivity index (χ0v) is 33.2. The summed E-state index contributed by atoms with van der Waals surface area (Å²) < 4.78 is 0. The molecular formula is C38H57N11O10. The van der Waals surface area contributed by atoms with Crippen molar-refractivity contribution >= 4 is 53.3 Å². The molecule has 324 valence electrons. The van der Waals surface area contributed by atoms with Crippen LogP contribution in [-0.2, 0) is 44.8 Å². The number of nitrogens with zero attached hydrogens (tertiary/aromatic N) is 4. The summed E-state index contributed by atoms with van der Waals surface area (Å²) in [5.41, 5.74) is 17.5. The van der Waals surface area contributed by atoms with Gasteiger partial charge in [0.1, 0.15) is 36.3 Å². The topological polar surface area (TPSA) is 325 Å². The SMILES string of the molecule is C[C@H](NC(=O)[C@@H]1CCCN1C(=O)[C@H](CO)NC(=O)[C@H](Cc1ccccc1)NC(=O)CNC(=O)[C@@H]1CCCN1C(=O)[C@@H]1CCCN1C(=O)[C@@H](N)CCCN=C(N)N)C(=O)O. The molecular weight excluding hydrogens is 770 g/mol. The van der Waals surface area contributed by atoms with Gasteiger partial charge in [-0.15, -0.1) is 0 Å². The number of aliphatic hydroxyl groups excluding tert-OH is 1.